The van der Waals surface area contributed by atoms with Crippen LogP contribution in [0.25, 0.3) is 11.0 Å². The molecule has 4 heterocycles. The number of hydrogen-bond acceptors (Lipinski definition) is 7. The van der Waals surface area contributed by atoms with Crippen molar-refractivity contribution in [2.24, 2.45) is 0 Å². The summed E-state index contributed by atoms with van der Waals surface area (Å²) >= 11 is 0. The third-order valence-corrected chi connectivity index (χ3v) is 4.87. The number of nitrogens with zero attached hydrogens (tertiary/aromatic N) is 6. The summed E-state index contributed by atoms with van der Waals surface area (Å²) < 4.78 is 40.4. The summed E-state index contributed by atoms with van der Waals surface area (Å²) in [6.45, 7) is 3.23. The Balaban J connectivity index is 1.59. The molecule has 0 aliphatic rings. The third-order valence-electron chi connectivity index (χ3n) is 4.87. The maximum atomic E-state index is 13.2. The Morgan fingerprint density at radius 1 is 1.24 bits per heavy atom. The van der Waals surface area contributed by atoms with Gasteiger partial charge in [0, 0.05) is 35.6 Å². The molecule has 4 aromatic rings. The number of ketones is 1. The van der Waals surface area contributed by atoms with Crippen molar-refractivity contribution in [3.05, 3.63) is 64.4 Å². The zero-order valence-electron chi connectivity index (χ0n) is 17.8. The Hall–Kier alpha value is -4.36. The van der Waals surface area contributed by atoms with Crippen molar-refractivity contribution in [2.75, 3.05) is 5.32 Å². The number of amides is 1. The van der Waals surface area contributed by atoms with Crippen molar-refractivity contribution in [3.8, 4) is 0 Å². The van der Waals surface area contributed by atoms with Crippen LogP contribution in [0.5, 0.6) is 0 Å². The SMILES string of the molecule is CC(C)n1cc(C(=O)c2c[nH]c(=O)c(NC(=O)Cn3cc(C(F)(F)F)nn3)c2)c2cncnc21. The minimum absolute atomic E-state index is 0.0130. The Morgan fingerprint density at radius 3 is 2.68 bits per heavy atom. The zero-order valence-corrected chi connectivity index (χ0v) is 17.8. The van der Waals surface area contributed by atoms with Crippen LogP contribution in [0.3, 0.4) is 0 Å². The quantitative estimate of drug-likeness (QED) is 0.408. The molecular formula is C20H17F3N8O3. The summed E-state index contributed by atoms with van der Waals surface area (Å²) in [7, 11) is 0. The van der Waals surface area contributed by atoms with Crippen molar-refractivity contribution in [1.82, 2.24) is 34.5 Å². The van der Waals surface area contributed by atoms with Crippen LogP contribution in [-0.2, 0) is 17.5 Å². The average Bonchev–Trinajstić information content (AvgIpc) is 3.40. The molecule has 0 saturated carbocycles. The highest BCUT2D eigenvalue weighted by Crippen LogP contribution is 2.27. The Kier molecular flexibility index (Phi) is 5.73. The largest absolute Gasteiger partial charge is 0.436 e. The molecule has 34 heavy (non-hydrogen) atoms. The van der Waals surface area contributed by atoms with Gasteiger partial charge in [-0.2, -0.15) is 13.2 Å². The first-order valence-corrected chi connectivity index (χ1v) is 9.89. The van der Waals surface area contributed by atoms with Gasteiger partial charge in [0.1, 0.15) is 24.2 Å². The summed E-state index contributed by atoms with van der Waals surface area (Å²) in [6, 6.07) is 1.20. The molecule has 1 amide bonds. The Bertz CT molecular complexity index is 1450. The Morgan fingerprint density at radius 2 is 2.00 bits per heavy atom. The molecule has 0 aliphatic carbocycles. The molecule has 0 spiro atoms. The van der Waals surface area contributed by atoms with Crippen molar-refractivity contribution < 1.29 is 22.8 Å². The molecule has 0 bridgehead atoms. The fourth-order valence-corrected chi connectivity index (χ4v) is 3.27. The predicted molar refractivity (Wildman–Crippen MR) is 112 cm³/mol. The minimum atomic E-state index is -4.70. The zero-order chi connectivity index (χ0) is 24.6. The van der Waals surface area contributed by atoms with Crippen LogP contribution in [0.4, 0.5) is 18.9 Å². The van der Waals surface area contributed by atoms with Crippen LogP contribution in [-0.4, -0.2) is 46.2 Å². The van der Waals surface area contributed by atoms with Gasteiger partial charge in [0.2, 0.25) is 5.91 Å². The molecule has 4 aromatic heterocycles. The van der Waals surface area contributed by atoms with Crippen LogP contribution >= 0.6 is 0 Å². The number of pyridine rings is 1. The molecule has 176 valence electrons. The van der Waals surface area contributed by atoms with Gasteiger partial charge in [0.15, 0.2) is 11.5 Å². The van der Waals surface area contributed by atoms with Crippen molar-refractivity contribution in [3.63, 3.8) is 0 Å². The molecule has 4 rings (SSSR count). The number of aromatic nitrogens is 7. The number of aromatic amines is 1. The van der Waals surface area contributed by atoms with E-state index in [4.69, 9.17) is 0 Å². The average molecular weight is 474 g/mol. The molecule has 14 heteroatoms. The Labute approximate surface area is 188 Å². The van der Waals surface area contributed by atoms with Crippen LogP contribution < -0.4 is 10.9 Å². The van der Waals surface area contributed by atoms with E-state index in [0.29, 0.717) is 27.5 Å². The summed E-state index contributed by atoms with van der Waals surface area (Å²) in [5.41, 5.74) is -1.27. The minimum Gasteiger partial charge on any atom is -0.329 e. The van der Waals surface area contributed by atoms with Crippen molar-refractivity contribution >= 4 is 28.4 Å². The molecule has 0 atom stereocenters. The number of H-pyrrole nitrogens is 1. The molecule has 0 aliphatic heterocycles. The van der Waals surface area contributed by atoms with Gasteiger partial charge in [0.05, 0.1) is 11.8 Å². The van der Waals surface area contributed by atoms with Gasteiger partial charge in [-0.05, 0) is 19.9 Å². The second-order valence-corrected chi connectivity index (χ2v) is 7.61. The highest BCUT2D eigenvalue weighted by atomic mass is 19.4. The fraction of sp³-hybridized carbons (Fsp3) is 0.250. The number of fused-ring (bicyclic) bond motifs is 1. The second kappa shape index (κ2) is 8.53. The molecule has 11 nitrogen and oxygen atoms in total. The smallest absolute Gasteiger partial charge is 0.329 e. The molecule has 0 unspecified atom stereocenters. The van der Waals surface area contributed by atoms with Gasteiger partial charge < -0.3 is 14.9 Å². The van der Waals surface area contributed by atoms with E-state index in [1.807, 2.05) is 18.4 Å². The number of rotatable bonds is 6. The molecule has 2 N–H and O–H groups in total. The van der Waals surface area contributed by atoms with E-state index in [-0.39, 0.29) is 17.3 Å². The standard InChI is InChI=1S/C20H17F3N8O3/c1-10(2)31-6-13(12-5-24-9-26-18(12)31)17(33)11-3-14(19(34)25-4-11)27-16(32)8-30-7-15(28-29-30)20(21,22)23/h3-7,9-10H,8H2,1-2H3,(H,25,34)(H,27,32). The summed E-state index contributed by atoms with van der Waals surface area (Å²) in [5.74, 6) is -1.28. The number of hydrogen-bond donors (Lipinski definition) is 2. The molecule has 0 radical (unpaired) electrons. The second-order valence-electron chi connectivity index (χ2n) is 7.61. The molecule has 0 fully saturated rings. The van der Waals surface area contributed by atoms with Gasteiger partial charge in [-0.15, -0.1) is 5.10 Å². The molecule has 0 aromatic carbocycles. The number of nitrogens with one attached hydrogen (secondary N) is 2. The van der Waals surface area contributed by atoms with Crippen LogP contribution in [0.1, 0.15) is 41.5 Å². The number of alkyl halides is 3. The van der Waals surface area contributed by atoms with E-state index in [1.54, 1.807) is 6.20 Å². The van der Waals surface area contributed by atoms with E-state index < -0.39 is 35.7 Å². The summed E-state index contributed by atoms with van der Waals surface area (Å²) in [4.78, 5) is 48.2. The number of carbonyl (C=O) groups excluding carboxylic acids is 2. The molecule has 0 saturated heterocycles. The monoisotopic (exact) mass is 474 g/mol. The van der Waals surface area contributed by atoms with Gasteiger partial charge in [-0.3, -0.25) is 14.4 Å². The van der Waals surface area contributed by atoms with Gasteiger partial charge in [-0.25, -0.2) is 14.6 Å². The van der Waals surface area contributed by atoms with Crippen molar-refractivity contribution in [1.29, 1.82) is 0 Å². The van der Waals surface area contributed by atoms with E-state index >= 15 is 0 Å². The fourth-order valence-electron chi connectivity index (χ4n) is 3.27. The third kappa shape index (κ3) is 4.42. The van der Waals surface area contributed by atoms with Crippen LogP contribution in [0.2, 0.25) is 0 Å². The lowest BCUT2D eigenvalue weighted by atomic mass is 10.1. The lowest BCUT2D eigenvalue weighted by molar-refractivity contribution is -0.141. The maximum Gasteiger partial charge on any atom is 0.436 e. The van der Waals surface area contributed by atoms with Gasteiger partial charge in [0.25, 0.3) is 5.56 Å². The lowest BCUT2D eigenvalue weighted by Gasteiger charge is -2.07. The van der Waals surface area contributed by atoms with E-state index in [1.165, 1.54) is 24.8 Å². The van der Waals surface area contributed by atoms with E-state index in [0.717, 1.165) is 0 Å². The highest BCUT2D eigenvalue weighted by Gasteiger charge is 2.34. The van der Waals surface area contributed by atoms with Crippen molar-refractivity contribution in [2.45, 2.75) is 32.6 Å². The first kappa shape index (κ1) is 22.8. The van der Waals surface area contributed by atoms with Gasteiger partial charge >= 0.3 is 6.18 Å². The topological polar surface area (TPSA) is 140 Å². The first-order valence-electron chi connectivity index (χ1n) is 9.89. The summed E-state index contributed by atoms with van der Waals surface area (Å²) in [5, 5.41) is 9.01. The maximum absolute atomic E-state index is 13.2. The predicted octanol–water partition coefficient (Wildman–Crippen LogP) is 2.18. The van der Waals surface area contributed by atoms with E-state index in [2.05, 4.69) is 30.6 Å². The lowest BCUT2D eigenvalue weighted by Crippen LogP contribution is -2.24. The number of anilines is 1. The van der Waals surface area contributed by atoms with Crippen LogP contribution in [0.15, 0.2) is 42.0 Å². The van der Waals surface area contributed by atoms with Gasteiger partial charge in [-0.1, -0.05) is 5.21 Å². The number of carbonyl (C=O) groups is 2. The highest BCUT2D eigenvalue weighted by molar-refractivity contribution is 6.16. The first-order chi connectivity index (χ1) is 16.0. The van der Waals surface area contributed by atoms with Crippen LogP contribution in [0, 0.1) is 0 Å². The normalized spacial score (nSPS) is 11.8. The molecular weight excluding hydrogens is 457 g/mol. The van der Waals surface area contributed by atoms with E-state index in [9.17, 15) is 27.6 Å². The summed E-state index contributed by atoms with van der Waals surface area (Å²) in [6.07, 6.45) is 1.58. The number of halogens is 3.